The summed E-state index contributed by atoms with van der Waals surface area (Å²) in [5, 5.41) is 7.47. The van der Waals surface area contributed by atoms with Gasteiger partial charge in [0.05, 0.1) is 6.04 Å². The van der Waals surface area contributed by atoms with Gasteiger partial charge in [-0.1, -0.05) is 60.7 Å². The number of aromatic nitrogens is 3. The van der Waals surface area contributed by atoms with Gasteiger partial charge in [0.25, 0.3) is 0 Å². The number of anilines is 1. The highest BCUT2D eigenvalue weighted by molar-refractivity contribution is 5.68. The van der Waals surface area contributed by atoms with E-state index in [-0.39, 0.29) is 25.3 Å². The Kier molecular flexibility index (Phi) is 8.31. The molecule has 1 aliphatic rings. The third kappa shape index (κ3) is 7.20. The van der Waals surface area contributed by atoms with Crippen LogP contribution in [-0.2, 0) is 22.7 Å². The standard InChI is InChI=1S/C18H19N5O2.C8H9NO2/c24-18(25-13-14-4-2-1-3-5-14)20-15-8-10-22(12-15)17-7-6-16-19-9-11-23(16)21-17;9-8(10)11-6-7-4-2-1-3-5-7/h1-7,9,11,15H,8,10,12-13H2,(H,20,24);1-5H,6H2,(H2,9,10)/t15-;/m0./s1. The van der Waals surface area contributed by atoms with E-state index in [1.54, 1.807) is 10.7 Å². The molecule has 0 saturated carbocycles. The van der Waals surface area contributed by atoms with E-state index in [9.17, 15) is 9.59 Å². The maximum absolute atomic E-state index is 12.0. The molecule has 1 fully saturated rings. The maximum atomic E-state index is 12.0. The zero-order valence-corrected chi connectivity index (χ0v) is 19.7. The van der Waals surface area contributed by atoms with E-state index in [2.05, 4.69) is 25.0 Å². The number of imidazole rings is 1. The number of hydrogen-bond donors (Lipinski definition) is 2. The molecule has 0 aliphatic carbocycles. The molecule has 2 amide bonds. The Labute approximate surface area is 208 Å². The third-order valence-corrected chi connectivity index (χ3v) is 5.51. The summed E-state index contributed by atoms with van der Waals surface area (Å²) < 4.78 is 11.6. The van der Waals surface area contributed by atoms with Gasteiger partial charge in [-0.15, -0.1) is 5.10 Å². The minimum Gasteiger partial charge on any atom is -0.445 e. The lowest BCUT2D eigenvalue weighted by atomic mass is 10.2. The highest BCUT2D eigenvalue weighted by Crippen LogP contribution is 2.18. The molecular weight excluding hydrogens is 460 g/mol. The van der Waals surface area contributed by atoms with Gasteiger partial charge in [0, 0.05) is 25.5 Å². The molecule has 3 heterocycles. The molecule has 1 atom stereocenters. The van der Waals surface area contributed by atoms with Crippen LogP contribution in [0.4, 0.5) is 15.4 Å². The second-order valence-electron chi connectivity index (χ2n) is 8.15. The smallest absolute Gasteiger partial charge is 0.407 e. The predicted octanol–water partition coefficient (Wildman–Crippen LogP) is 3.52. The zero-order chi connectivity index (χ0) is 25.2. The average molecular weight is 489 g/mol. The molecule has 0 unspecified atom stereocenters. The molecule has 0 spiro atoms. The van der Waals surface area contributed by atoms with Crippen LogP contribution in [0.1, 0.15) is 17.5 Å². The molecule has 5 rings (SSSR count). The van der Waals surface area contributed by atoms with Crippen molar-refractivity contribution in [3.63, 3.8) is 0 Å². The molecule has 2 aromatic carbocycles. The van der Waals surface area contributed by atoms with Gasteiger partial charge >= 0.3 is 12.2 Å². The molecule has 10 heteroatoms. The predicted molar refractivity (Wildman–Crippen MR) is 134 cm³/mol. The van der Waals surface area contributed by atoms with Crippen molar-refractivity contribution in [1.82, 2.24) is 19.9 Å². The fraction of sp³-hybridized carbons (Fsp3) is 0.231. The molecular formula is C26H28N6O4. The van der Waals surface area contributed by atoms with E-state index in [4.69, 9.17) is 10.5 Å². The first-order valence-electron chi connectivity index (χ1n) is 11.6. The Morgan fingerprint density at radius 3 is 2.28 bits per heavy atom. The van der Waals surface area contributed by atoms with Crippen LogP contribution in [-0.4, -0.2) is 45.9 Å². The largest absolute Gasteiger partial charge is 0.445 e. The van der Waals surface area contributed by atoms with Crippen LogP contribution in [0.2, 0.25) is 0 Å². The van der Waals surface area contributed by atoms with Gasteiger partial charge in [0.1, 0.15) is 19.0 Å². The molecule has 36 heavy (non-hydrogen) atoms. The SMILES string of the molecule is NC(=O)OCc1ccccc1.O=C(N[C@H]1CCN(c2ccc3nccn3n2)C1)OCc1ccccc1. The van der Waals surface area contributed by atoms with Crippen molar-refractivity contribution in [2.45, 2.75) is 25.7 Å². The van der Waals surface area contributed by atoms with Crippen molar-refractivity contribution in [2.24, 2.45) is 5.73 Å². The third-order valence-electron chi connectivity index (χ3n) is 5.51. The van der Waals surface area contributed by atoms with E-state index < -0.39 is 6.09 Å². The molecule has 1 saturated heterocycles. The van der Waals surface area contributed by atoms with Gasteiger partial charge < -0.3 is 25.4 Å². The number of nitrogens with one attached hydrogen (secondary N) is 1. The van der Waals surface area contributed by atoms with Gasteiger partial charge in [-0.3, -0.25) is 0 Å². The van der Waals surface area contributed by atoms with Gasteiger partial charge in [0.2, 0.25) is 0 Å². The molecule has 1 aliphatic heterocycles. The zero-order valence-electron chi connectivity index (χ0n) is 19.7. The van der Waals surface area contributed by atoms with Gasteiger partial charge in [0.15, 0.2) is 5.65 Å². The van der Waals surface area contributed by atoms with E-state index in [1.807, 2.05) is 79.0 Å². The average Bonchev–Trinajstić information content (AvgIpc) is 3.57. The van der Waals surface area contributed by atoms with Crippen LogP contribution < -0.4 is 16.0 Å². The topological polar surface area (TPSA) is 124 Å². The summed E-state index contributed by atoms with van der Waals surface area (Å²) >= 11 is 0. The molecule has 0 radical (unpaired) electrons. The van der Waals surface area contributed by atoms with Crippen molar-refractivity contribution < 1.29 is 19.1 Å². The monoisotopic (exact) mass is 488 g/mol. The molecule has 0 bridgehead atoms. The molecule has 4 aromatic rings. The Morgan fingerprint density at radius 1 is 0.944 bits per heavy atom. The summed E-state index contributed by atoms with van der Waals surface area (Å²) in [5.74, 6) is 0.882. The summed E-state index contributed by atoms with van der Waals surface area (Å²) in [7, 11) is 0. The lowest BCUT2D eigenvalue weighted by molar-refractivity contribution is 0.136. The van der Waals surface area contributed by atoms with Crippen LogP contribution in [0, 0.1) is 0 Å². The van der Waals surface area contributed by atoms with E-state index in [0.29, 0.717) is 6.54 Å². The fourth-order valence-electron chi connectivity index (χ4n) is 3.72. The number of nitrogens with two attached hydrogens (primary N) is 1. The lowest BCUT2D eigenvalue weighted by Crippen LogP contribution is -2.37. The first-order chi connectivity index (χ1) is 17.6. The van der Waals surface area contributed by atoms with Crippen LogP contribution in [0.15, 0.2) is 85.2 Å². The molecule has 186 valence electrons. The summed E-state index contributed by atoms with van der Waals surface area (Å²) in [4.78, 5) is 28.5. The number of fused-ring (bicyclic) bond motifs is 1. The summed E-state index contributed by atoms with van der Waals surface area (Å²) in [6, 6.07) is 23.0. The Morgan fingerprint density at radius 2 is 1.61 bits per heavy atom. The fourth-order valence-corrected chi connectivity index (χ4v) is 3.72. The number of nitrogens with zero attached hydrogens (tertiary/aromatic N) is 4. The minimum atomic E-state index is -0.742. The Hall–Kier alpha value is -4.60. The van der Waals surface area contributed by atoms with Crippen LogP contribution in [0.5, 0.6) is 0 Å². The van der Waals surface area contributed by atoms with Crippen molar-refractivity contribution in [1.29, 1.82) is 0 Å². The minimum absolute atomic E-state index is 0.0588. The first-order valence-corrected chi connectivity index (χ1v) is 11.6. The van der Waals surface area contributed by atoms with Gasteiger partial charge in [-0.2, -0.15) is 0 Å². The number of carbonyl (C=O) groups is 2. The van der Waals surface area contributed by atoms with Crippen LogP contribution in [0.25, 0.3) is 5.65 Å². The summed E-state index contributed by atoms with van der Waals surface area (Å²) in [6.07, 6.45) is 3.29. The van der Waals surface area contributed by atoms with E-state index >= 15 is 0 Å². The van der Waals surface area contributed by atoms with Crippen molar-refractivity contribution in [2.75, 3.05) is 18.0 Å². The summed E-state index contributed by atoms with van der Waals surface area (Å²) in [5.41, 5.74) is 7.51. The molecule has 3 N–H and O–H groups in total. The van der Waals surface area contributed by atoms with E-state index in [1.165, 1.54) is 0 Å². The lowest BCUT2D eigenvalue weighted by Gasteiger charge is -2.17. The van der Waals surface area contributed by atoms with Crippen LogP contribution in [0.3, 0.4) is 0 Å². The Balaban J connectivity index is 0.000000233. The van der Waals surface area contributed by atoms with E-state index in [0.717, 1.165) is 35.6 Å². The summed E-state index contributed by atoms with van der Waals surface area (Å²) in [6.45, 7) is 2.09. The highest BCUT2D eigenvalue weighted by Gasteiger charge is 2.25. The number of alkyl carbamates (subject to hydrolysis) is 1. The van der Waals surface area contributed by atoms with Crippen molar-refractivity contribution in [3.05, 3.63) is 96.3 Å². The van der Waals surface area contributed by atoms with Gasteiger partial charge in [-0.05, 0) is 29.7 Å². The maximum Gasteiger partial charge on any atom is 0.407 e. The van der Waals surface area contributed by atoms with Crippen molar-refractivity contribution >= 4 is 23.7 Å². The number of ether oxygens (including phenoxy) is 2. The van der Waals surface area contributed by atoms with Crippen LogP contribution >= 0.6 is 0 Å². The highest BCUT2D eigenvalue weighted by atomic mass is 16.5. The number of rotatable bonds is 6. The molecule has 10 nitrogen and oxygen atoms in total. The number of carbonyl (C=O) groups excluding carboxylic acids is 2. The van der Waals surface area contributed by atoms with Crippen molar-refractivity contribution in [3.8, 4) is 0 Å². The normalized spacial score (nSPS) is 14.6. The van der Waals surface area contributed by atoms with Gasteiger partial charge in [-0.25, -0.2) is 19.1 Å². The number of amides is 2. The Bertz CT molecular complexity index is 1270. The number of hydrogen-bond acceptors (Lipinski definition) is 7. The quantitative estimate of drug-likeness (QED) is 0.426. The molecule has 2 aromatic heterocycles. The first kappa shape index (κ1) is 24.5. The number of primary amides is 1. The second-order valence-corrected chi connectivity index (χ2v) is 8.15. The number of benzene rings is 2. The second kappa shape index (κ2) is 12.2.